The van der Waals surface area contributed by atoms with Crippen LogP contribution in [0, 0.1) is 0 Å². The molecule has 0 radical (unpaired) electrons. The van der Waals surface area contributed by atoms with Crippen molar-refractivity contribution < 1.29 is 22.3 Å². The van der Waals surface area contributed by atoms with Gasteiger partial charge >= 0.3 is 6.36 Å². The van der Waals surface area contributed by atoms with Crippen LogP contribution in [0.1, 0.15) is 13.3 Å². The normalized spacial score (nSPS) is 20.9. The first-order valence-corrected chi connectivity index (χ1v) is 9.08. The second-order valence-electron chi connectivity index (χ2n) is 6.90. The Bertz CT molecular complexity index is 784. The summed E-state index contributed by atoms with van der Waals surface area (Å²) in [5.41, 5.74) is 8.09. The molecule has 1 heterocycles. The van der Waals surface area contributed by atoms with Crippen molar-refractivity contribution in [2.75, 3.05) is 31.1 Å². The predicted octanol–water partition coefficient (Wildman–Crippen LogP) is 4.12. The highest BCUT2D eigenvalue weighted by molar-refractivity contribution is 5.50. The first-order valence-electron chi connectivity index (χ1n) is 9.08. The second-order valence-corrected chi connectivity index (χ2v) is 6.90. The maximum atomic E-state index is 14.1. The van der Waals surface area contributed by atoms with Gasteiger partial charge in [0.05, 0.1) is 0 Å². The quantitative estimate of drug-likeness (QED) is 0.776. The Balaban J connectivity index is 1.66. The largest absolute Gasteiger partial charge is 0.573 e. The van der Waals surface area contributed by atoms with Gasteiger partial charge in [-0.1, -0.05) is 6.08 Å². The number of anilines is 1. The van der Waals surface area contributed by atoms with Crippen LogP contribution in [0.2, 0.25) is 0 Å². The van der Waals surface area contributed by atoms with Crippen molar-refractivity contribution >= 4 is 5.69 Å². The summed E-state index contributed by atoms with van der Waals surface area (Å²) in [6.07, 6.45) is 0.772. The van der Waals surface area contributed by atoms with Crippen LogP contribution in [0.15, 0.2) is 59.6 Å². The molecule has 0 amide bonds. The van der Waals surface area contributed by atoms with Crippen molar-refractivity contribution in [2.45, 2.75) is 25.7 Å². The Morgan fingerprint density at radius 3 is 2.46 bits per heavy atom. The zero-order valence-electron chi connectivity index (χ0n) is 15.5. The van der Waals surface area contributed by atoms with Crippen molar-refractivity contribution in [3.05, 3.63) is 59.6 Å². The van der Waals surface area contributed by atoms with Gasteiger partial charge in [0.2, 0.25) is 0 Å². The van der Waals surface area contributed by atoms with E-state index in [-0.39, 0.29) is 30.6 Å². The van der Waals surface area contributed by atoms with Crippen LogP contribution in [-0.2, 0) is 0 Å². The first kappa shape index (κ1) is 20.3. The monoisotopic (exact) mass is 397 g/mol. The Morgan fingerprint density at radius 1 is 1.14 bits per heavy atom. The molecule has 0 saturated carbocycles. The SMILES string of the molecule is C[C@H]1CN(C2=CC=C(CN)C=C(F)C2)CCN1c1ccc(OC(F)(F)F)cc1. The number of benzene rings is 1. The minimum Gasteiger partial charge on any atom is -0.406 e. The molecule has 0 spiro atoms. The summed E-state index contributed by atoms with van der Waals surface area (Å²) >= 11 is 0. The van der Waals surface area contributed by atoms with Gasteiger partial charge in [0, 0.05) is 50.0 Å². The molecule has 1 aliphatic heterocycles. The standard InChI is InChI=1S/C20H23F4N3O/c1-14-13-26(18-3-2-15(12-25)10-16(21)11-18)8-9-27(14)17-4-6-19(7-5-17)28-20(22,23)24/h2-7,10,14H,8-9,11-13,25H2,1H3/t14-/m0/s1. The van der Waals surface area contributed by atoms with Crippen molar-refractivity contribution in [3.63, 3.8) is 0 Å². The van der Waals surface area contributed by atoms with E-state index in [0.717, 1.165) is 17.0 Å². The molecule has 1 aromatic rings. The zero-order chi connectivity index (χ0) is 20.3. The van der Waals surface area contributed by atoms with Gasteiger partial charge in [-0.15, -0.1) is 13.2 Å². The minimum atomic E-state index is -4.70. The smallest absolute Gasteiger partial charge is 0.406 e. The van der Waals surface area contributed by atoms with Gasteiger partial charge in [0.1, 0.15) is 11.6 Å². The fourth-order valence-corrected chi connectivity index (χ4v) is 3.52. The lowest BCUT2D eigenvalue weighted by molar-refractivity contribution is -0.274. The summed E-state index contributed by atoms with van der Waals surface area (Å²) in [6, 6.07) is 5.98. The van der Waals surface area contributed by atoms with Crippen LogP contribution in [0.5, 0.6) is 5.75 Å². The molecule has 2 N–H and O–H groups in total. The van der Waals surface area contributed by atoms with Crippen molar-refractivity contribution in [1.29, 1.82) is 0 Å². The summed E-state index contributed by atoms with van der Waals surface area (Å²) < 4.78 is 54.9. The highest BCUT2D eigenvalue weighted by Crippen LogP contribution is 2.29. The summed E-state index contributed by atoms with van der Waals surface area (Å²) in [7, 11) is 0. The molecule has 152 valence electrons. The Labute approximate surface area is 161 Å². The predicted molar refractivity (Wildman–Crippen MR) is 101 cm³/mol. The number of nitrogens with zero attached hydrogens (tertiary/aromatic N) is 2. The summed E-state index contributed by atoms with van der Waals surface area (Å²) in [5, 5.41) is 0. The molecule has 8 heteroatoms. The molecule has 1 aromatic carbocycles. The molecule has 0 aromatic heterocycles. The Kier molecular flexibility index (Phi) is 5.98. The zero-order valence-corrected chi connectivity index (χ0v) is 15.5. The molecule has 28 heavy (non-hydrogen) atoms. The molecule has 1 saturated heterocycles. The van der Waals surface area contributed by atoms with E-state index in [1.807, 2.05) is 19.1 Å². The molecule has 0 unspecified atom stereocenters. The Morgan fingerprint density at radius 2 is 1.86 bits per heavy atom. The number of piperazine rings is 1. The van der Waals surface area contributed by atoms with Gasteiger partial charge in [0.25, 0.3) is 0 Å². The number of ether oxygens (including phenoxy) is 1. The average molecular weight is 397 g/mol. The lowest BCUT2D eigenvalue weighted by Gasteiger charge is -2.43. The lowest BCUT2D eigenvalue weighted by atomic mass is 10.1. The Hall–Kier alpha value is -2.48. The van der Waals surface area contributed by atoms with Crippen molar-refractivity contribution in [3.8, 4) is 5.75 Å². The van der Waals surface area contributed by atoms with Gasteiger partial charge in [-0.05, 0) is 48.9 Å². The van der Waals surface area contributed by atoms with E-state index in [9.17, 15) is 17.6 Å². The van der Waals surface area contributed by atoms with Crippen LogP contribution >= 0.6 is 0 Å². The van der Waals surface area contributed by atoms with E-state index in [2.05, 4.69) is 14.5 Å². The van der Waals surface area contributed by atoms with E-state index in [1.54, 1.807) is 12.1 Å². The molecule has 3 rings (SSSR count). The number of halogens is 4. The second kappa shape index (κ2) is 8.26. The van der Waals surface area contributed by atoms with Crippen molar-refractivity contribution in [2.24, 2.45) is 5.73 Å². The third kappa shape index (κ3) is 5.07. The van der Waals surface area contributed by atoms with Crippen LogP contribution in [0.25, 0.3) is 0 Å². The first-order chi connectivity index (χ1) is 13.2. The van der Waals surface area contributed by atoms with Gasteiger partial charge in [-0.25, -0.2) is 4.39 Å². The average Bonchev–Trinajstić information content (AvgIpc) is 2.82. The van der Waals surface area contributed by atoms with Crippen LogP contribution in [0.3, 0.4) is 0 Å². The molecule has 4 nitrogen and oxygen atoms in total. The maximum Gasteiger partial charge on any atom is 0.573 e. The fourth-order valence-electron chi connectivity index (χ4n) is 3.52. The van der Waals surface area contributed by atoms with E-state index < -0.39 is 6.36 Å². The number of hydrogen-bond donors (Lipinski definition) is 1. The molecule has 0 bridgehead atoms. The van der Waals surface area contributed by atoms with Crippen LogP contribution in [-0.4, -0.2) is 43.5 Å². The van der Waals surface area contributed by atoms with Gasteiger partial charge in [0.15, 0.2) is 0 Å². The van der Waals surface area contributed by atoms with E-state index >= 15 is 0 Å². The fraction of sp³-hybridized carbons (Fsp3) is 0.400. The molecule has 2 aliphatic rings. The molecule has 1 fully saturated rings. The third-order valence-electron chi connectivity index (χ3n) is 4.85. The van der Waals surface area contributed by atoms with E-state index in [0.29, 0.717) is 19.6 Å². The maximum absolute atomic E-state index is 14.1. The van der Waals surface area contributed by atoms with E-state index in [1.165, 1.54) is 18.2 Å². The number of nitrogens with two attached hydrogens (primary N) is 1. The van der Waals surface area contributed by atoms with E-state index in [4.69, 9.17) is 5.73 Å². The van der Waals surface area contributed by atoms with Gasteiger partial charge in [-0.2, -0.15) is 0 Å². The molecule has 1 aliphatic carbocycles. The summed E-state index contributed by atoms with van der Waals surface area (Å²) in [5.74, 6) is -0.452. The highest BCUT2D eigenvalue weighted by atomic mass is 19.4. The number of allylic oxidation sites excluding steroid dienone is 3. The molecular formula is C20H23F4N3O. The summed E-state index contributed by atoms with van der Waals surface area (Å²) in [6.45, 7) is 4.38. The number of rotatable bonds is 4. The third-order valence-corrected chi connectivity index (χ3v) is 4.85. The number of alkyl halides is 3. The van der Waals surface area contributed by atoms with Crippen molar-refractivity contribution in [1.82, 2.24) is 4.90 Å². The molecule has 1 atom stereocenters. The van der Waals surface area contributed by atoms with Gasteiger partial charge in [-0.3, -0.25) is 0 Å². The molecular weight excluding hydrogens is 374 g/mol. The van der Waals surface area contributed by atoms with Crippen LogP contribution in [0.4, 0.5) is 23.2 Å². The topological polar surface area (TPSA) is 41.7 Å². The lowest BCUT2D eigenvalue weighted by Crippen LogP contribution is -2.51. The minimum absolute atomic E-state index is 0.109. The number of hydrogen-bond acceptors (Lipinski definition) is 4. The van der Waals surface area contributed by atoms with Gasteiger partial charge < -0.3 is 20.3 Å². The van der Waals surface area contributed by atoms with Crippen LogP contribution < -0.4 is 15.4 Å². The highest BCUT2D eigenvalue weighted by Gasteiger charge is 2.31. The summed E-state index contributed by atoms with van der Waals surface area (Å²) in [4.78, 5) is 4.27.